The molecule has 0 aliphatic carbocycles. The molecule has 6 rings (SSSR count). The maximum Gasteiger partial charge on any atom is 0.336 e. The van der Waals surface area contributed by atoms with E-state index in [0.29, 0.717) is 80.8 Å². The van der Waals surface area contributed by atoms with Crippen LogP contribution < -0.4 is 5.73 Å². The summed E-state index contributed by atoms with van der Waals surface area (Å²) in [5.74, 6) is -3.60. The zero-order valence-corrected chi connectivity index (χ0v) is 32.4. The molecule has 4 aliphatic rings. The van der Waals surface area contributed by atoms with Crippen molar-refractivity contribution in [1.82, 2.24) is 14.7 Å². The van der Waals surface area contributed by atoms with E-state index in [9.17, 15) is 14.4 Å². The van der Waals surface area contributed by atoms with Gasteiger partial charge in [0, 0.05) is 72.5 Å². The first kappa shape index (κ1) is 39.4. The van der Waals surface area contributed by atoms with Gasteiger partial charge in [-0.2, -0.15) is 0 Å². The quantitative estimate of drug-likeness (QED) is 0.221. The zero-order valence-electron chi connectivity index (χ0n) is 30.9. The number of rotatable bonds is 13. The van der Waals surface area contributed by atoms with E-state index in [-0.39, 0.29) is 27.9 Å². The van der Waals surface area contributed by atoms with Gasteiger partial charge >= 0.3 is 11.9 Å². The van der Waals surface area contributed by atoms with Crippen molar-refractivity contribution in [2.24, 2.45) is 16.6 Å². The minimum Gasteiger partial charge on any atom is -0.468 e. The van der Waals surface area contributed by atoms with E-state index in [1.54, 1.807) is 18.2 Å². The molecule has 11 nitrogen and oxygen atoms in total. The van der Waals surface area contributed by atoms with E-state index in [0.717, 1.165) is 24.2 Å². The van der Waals surface area contributed by atoms with Gasteiger partial charge < -0.3 is 29.7 Å². The molecule has 4 aliphatic heterocycles. The van der Waals surface area contributed by atoms with Gasteiger partial charge in [0.25, 0.3) is 0 Å². The number of methoxy groups -OCH3 is 2. The summed E-state index contributed by atoms with van der Waals surface area (Å²) in [6, 6.07) is 14.7. The Hall–Kier alpha value is -3.32. The number of esters is 2. The summed E-state index contributed by atoms with van der Waals surface area (Å²) in [6.07, 6.45) is 5.56. The number of hydrogen-bond acceptors (Lipinski definition) is 10. The van der Waals surface area contributed by atoms with Crippen LogP contribution in [0.5, 0.6) is 0 Å². The first-order valence-electron chi connectivity index (χ1n) is 18.6. The van der Waals surface area contributed by atoms with Gasteiger partial charge in [-0.25, -0.2) is 4.79 Å². The highest BCUT2D eigenvalue weighted by Crippen LogP contribution is 2.47. The van der Waals surface area contributed by atoms with Crippen LogP contribution in [0.2, 0.25) is 10.0 Å². The molecule has 13 heteroatoms. The average Bonchev–Trinajstić information content (AvgIpc) is 3.35. The third-order valence-corrected chi connectivity index (χ3v) is 12.3. The first-order valence-corrected chi connectivity index (χ1v) is 19.4. The highest BCUT2D eigenvalue weighted by Gasteiger charge is 2.47. The molecule has 4 unspecified atom stereocenters. The van der Waals surface area contributed by atoms with Crippen LogP contribution in [0.3, 0.4) is 0 Å². The number of benzene rings is 2. The maximum atomic E-state index is 14.2. The summed E-state index contributed by atoms with van der Waals surface area (Å²) in [5.41, 5.74) is 8.88. The lowest BCUT2D eigenvalue weighted by atomic mass is 9.73. The smallest absolute Gasteiger partial charge is 0.336 e. The second kappa shape index (κ2) is 17.9. The predicted molar refractivity (Wildman–Crippen MR) is 205 cm³/mol. The predicted octanol–water partition coefficient (Wildman–Crippen LogP) is 5.02. The first-order chi connectivity index (χ1) is 25.6. The fourth-order valence-electron chi connectivity index (χ4n) is 8.80. The molecule has 0 spiro atoms. The van der Waals surface area contributed by atoms with Gasteiger partial charge in [-0.1, -0.05) is 53.5 Å². The minimum atomic E-state index is -1.15. The molecule has 3 fully saturated rings. The standard InChI is InChI=1S/C40H51Cl2N5O6/c1-45-27-12-13-28(45)22-29(21-27)46-16-18-47(19-17-46)34(48)23-33-37(40(50)52-3)38(35-30(41)9-6-10-31(35)42)36(39(49)51-2)32(44-33)14-11-25-7-4-5-8-26(25)24-53-20-15-43/h4-10,27-29,37-38H,11-24,43H2,1-3H3. The number of piperazine rings is 1. The molecule has 0 aromatic heterocycles. The lowest BCUT2D eigenvalue weighted by Gasteiger charge is -2.45. The largest absolute Gasteiger partial charge is 0.468 e. The fourth-order valence-corrected chi connectivity index (χ4v) is 9.43. The highest BCUT2D eigenvalue weighted by molar-refractivity contribution is 6.36. The SMILES string of the molecule is COC(=O)C1=C(CCc2ccccc2COCCN)N=C(CC(=O)N2CCN(C3CC4CCC(C3)N4C)CC2)C(C(=O)OC)C1c1c(Cl)cccc1Cl. The van der Waals surface area contributed by atoms with Crippen molar-refractivity contribution in [3.05, 3.63) is 80.5 Å². The van der Waals surface area contributed by atoms with Crippen LogP contribution in [-0.4, -0.2) is 117 Å². The van der Waals surface area contributed by atoms with Crippen molar-refractivity contribution in [3.8, 4) is 0 Å². The lowest BCUT2D eigenvalue weighted by Crippen LogP contribution is -2.56. The van der Waals surface area contributed by atoms with Crippen molar-refractivity contribution in [3.63, 3.8) is 0 Å². The van der Waals surface area contributed by atoms with Crippen molar-refractivity contribution < 1.29 is 28.6 Å². The van der Waals surface area contributed by atoms with Gasteiger partial charge in [-0.15, -0.1) is 0 Å². The van der Waals surface area contributed by atoms with Crippen molar-refractivity contribution in [2.75, 3.05) is 60.6 Å². The van der Waals surface area contributed by atoms with Crippen LogP contribution in [0.15, 0.2) is 58.7 Å². The molecule has 4 heterocycles. The summed E-state index contributed by atoms with van der Waals surface area (Å²) in [7, 11) is 4.82. The van der Waals surface area contributed by atoms with E-state index in [2.05, 4.69) is 16.8 Å². The summed E-state index contributed by atoms with van der Waals surface area (Å²) in [6.45, 7) is 4.01. The lowest BCUT2D eigenvalue weighted by molar-refractivity contribution is -0.143. The van der Waals surface area contributed by atoms with E-state index < -0.39 is 23.8 Å². The molecule has 1 amide bonds. The number of carbonyl (C=O) groups is 3. The number of fused-ring (bicyclic) bond motifs is 2. The van der Waals surface area contributed by atoms with Gasteiger partial charge in [0.1, 0.15) is 5.92 Å². The van der Waals surface area contributed by atoms with Crippen LogP contribution in [0, 0.1) is 5.92 Å². The Morgan fingerprint density at radius 3 is 2.15 bits per heavy atom. The van der Waals surface area contributed by atoms with Gasteiger partial charge in [-0.3, -0.25) is 19.5 Å². The molecule has 0 saturated carbocycles. The number of ether oxygens (including phenoxy) is 3. The van der Waals surface area contributed by atoms with Crippen LogP contribution in [0.1, 0.15) is 61.1 Å². The van der Waals surface area contributed by atoms with E-state index in [1.807, 2.05) is 29.2 Å². The molecule has 286 valence electrons. The van der Waals surface area contributed by atoms with Crippen molar-refractivity contribution in [2.45, 2.75) is 75.6 Å². The second-order valence-corrected chi connectivity index (χ2v) is 15.3. The van der Waals surface area contributed by atoms with Crippen LogP contribution in [0.25, 0.3) is 0 Å². The highest BCUT2D eigenvalue weighted by atomic mass is 35.5. The number of nitrogens with two attached hydrogens (primary N) is 1. The molecule has 4 atom stereocenters. The molecule has 0 radical (unpaired) electrons. The number of piperidine rings is 1. The van der Waals surface area contributed by atoms with Crippen molar-refractivity contribution >= 4 is 46.8 Å². The van der Waals surface area contributed by atoms with Crippen LogP contribution >= 0.6 is 23.2 Å². The normalized spacial score (nSPS) is 25.0. The fraction of sp³-hybridized carbons (Fsp3) is 0.550. The molecule has 2 bridgehead atoms. The monoisotopic (exact) mass is 767 g/mol. The Labute approximate surface area is 322 Å². The maximum absolute atomic E-state index is 14.2. The van der Waals surface area contributed by atoms with Gasteiger partial charge in [0.05, 0.1) is 45.1 Å². The minimum absolute atomic E-state index is 0.127. The number of carbonyl (C=O) groups excluding carboxylic acids is 3. The zero-order chi connectivity index (χ0) is 37.6. The summed E-state index contributed by atoms with van der Waals surface area (Å²) < 4.78 is 16.4. The summed E-state index contributed by atoms with van der Waals surface area (Å²) >= 11 is 13.6. The van der Waals surface area contributed by atoms with Crippen LogP contribution in [-0.2, 0) is 41.6 Å². The van der Waals surface area contributed by atoms with E-state index in [4.69, 9.17) is 48.1 Å². The third-order valence-electron chi connectivity index (χ3n) is 11.6. The second-order valence-electron chi connectivity index (χ2n) is 14.4. The Morgan fingerprint density at radius 1 is 0.868 bits per heavy atom. The molecule has 2 N–H and O–H groups in total. The van der Waals surface area contributed by atoms with E-state index >= 15 is 0 Å². The topological polar surface area (TPSA) is 127 Å². The van der Waals surface area contributed by atoms with Gasteiger partial charge in [0.2, 0.25) is 5.91 Å². The molecular weight excluding hydrogens is 717 g/mol. The number of aliphatic imine (C=N–C) groups is 1. The number of amides is 1. The summed E-state index contributed by atoms with van der Waals surface area (Å²) in [5, 5.41) is 0.538. The van der Waals surface area contributed by atoms with Gasteiger partial charge in [0.15, 0.2) is 0 Å². The van der Waals surface area contributed by atoms with Crippen LogP contribution in [0.4, 0.5) is 0 Å². The molecule has 3 saturated heterocycles. The molecule has 53 heavy (non-hydrogen) atoms. The molecule has 2 aromatic rings. The molecule has 2 aromatic carbocycles. The molecular formula is C40H51Cl2N5O6. The summed E-state index contributed by atoms with van der Waals surface area (Å²) in [4.78, 5) is 53.7. The number of allylic oxidation sites excluding steroid dienone is 1. The van der Waals surface area contributed by atoms with Gasteiger partial charge in [-0.05, 0) is 74.4 Å². The average molecular weight is 769 g/mol. The Morgan fingerprint density at radius 2 is 1.53 bits per heavy atom. The van der Waals surface area contributed by atoms with Crippen molar-refractivity contribution in [1.29, 1.82) is 0 Å². The number of nitrogens with zero attached hydrogens (tertiary/aromatic N) is 4. The number of hydrogen-bond donors (Lipinski definition) is 1. The van der Waals surface area contributed by atoms with E-state index in [1.165, 1.54) is 39.9 Å². The Kier molecular flexibility index (Phi) is 13.3. The number of aryl methyl sites for hydroxylation is 1. The third kappa shape index (κ3) is 8.66. The Balaban J connectivity index is 1.31. The number of halogens is 2. The Bertz CT molecular complexity index is 1690.